The molecule has 0 aromatic carbocycles. The maximum absolute atomic E-state index is 6.07. The second-order valence-corrected chi connectivity index (χ2v) is 4.55. The molecule has 0 aliphatic carbocycles. The first-order chi connectivity index (χ1) is 7.59. The van der Waals surface area contributed by atoms with Crippen LogP contribution < -0.4 is 5.73 Å². The Balaban J connectivity index is 2.35. The van der Waals surface area contributed by atoms with Gasteiger partial charge in [0, 0.05) is 25.7 Å². The minimum absolute atomic E-state index is 0.149. The Morgan fingerprint density at radius 3 is 2.81 bits per heavy atom. The number of hydrogen-bond donors (Lipinski definition) is 1. The number of nitrogens with two attached hydrogens (primary N) is 1. The number of fused-ring (bicyclic) bond motifs is 1. The fraction of sp³-hybridized carbons (Fsp3) is 0.500. The van der Waals surface area contributed by atoms with Gasteiger partial charge in [-0.2, -0.15) is 0 Å². The Morgan fingerprint density at radius 2 is 2.19 bits per heavy atom. The fourth-order valence-electron chi connectivity index (χ4n) is 1.70. The van der Waals surface area contributed by atoms with Gasteiger partial charge in [0.15, 0.2) is 5.65 Å². The fourth-order valence-corrected chi connectivity index (χ4v) is 1.70. The second kappa shape index (κ2) is 4.22. The smallest absolute Gasteiger partial charge is 0.177 e. The van der Waals surface area contributed by atoms with Crippen molar-refractivity contribution in [3.8, 4) is 0 Å². The predicted octanol–water partition coefficient (Wildman–Crippen LogP) is 1.49. The molecule has 0 bridgehead atoms. The molecule has 86 valence electrons. The highest BCUT2D eigenvalue weighted by molar-refractivity contribution is 5.71. The largest absolute Gasteiger partial charge is 0.330 e. The van der Waals surface area contributed by atoms with E-state index in [9.17, 15) is 0 Å². The van der Waals surface area contributed by atoms with E-state index in [0.29, 0.717) is 5.92 Å². The molecule has 4 heteroatoms. The highest BCUT2D eigenvalue weighted by Crippen LogP contribution is 2.14. The van der Waals surface area contributed by atoms with Crippen molar-refractivity contribution in [2.75, 3.05) is 0 Å². The standard InChI is InChI=1S/C12H18N4/c1-8(2)9(13)7-11-15-12-10(16(11)3)5-4-6-14-12/h4-6,8-9H,7,13H2,1-3H3. The van der Waals surface area contributed by atoms with Crippen molar-refractivity contribution < 1.29 is 0 Å². The van der Waals surface area contributed by atoms with E-state index in [-0.39, 0.29) is 6.04 Å². The van der Waals surface area contributed by atoms with Crippen LogP contribution in [0.2, 0.25) is 0 Å². The van der Waals surface area contributed by atoms with Gasteiger partial charge in [-0.25, -0.2) is 9.97 Å². The summed E-state index contributed by atoms with van der Waals surface area (Å²) in [6.45, 7) is 4.26. The molecule has 0 saturated heterocycles. The summed E-state index contributed by atoms with van der Waals surface area (Å²) in [5, 5.41) is 0. The van der Waals surface area contributed by atoms with Gasteiger partial charge in [0.2, 0.25) is 0 Å². The van der Waals surface area contributed by atoms with E-state index in [1.165, 1.54) is 0 Å². The molecular weight excluding hydrogens is 200 g/mol. The van der Waals surface area contributed by atoms with Crippen molar-refractivity contribution in [1.29, 1.82) is 0 Å². The minimum Gasteiger partial charge on any atom is -0.330 e. The number of aromatic nitrogens is 3. The van der Waals surface area contributed by atoms with Crippen molar-refractivity contribution in [3.63, 3.8) is 0 Å². The van der Waals surface area contributed by atoms with Crippen LogP contribution in [-0.2, 0) is 13.5 Å². The van der Waals surface area contributed by atoms with Crippen LogP contribution in [0.25, 0.3) is 11.2 Å². The molecule has 4 nitrogen and oxygen atoms in total. The van der Waals surface area contributed by atoms with E-state index in [4.69, 9.17) is 5.73 Å². The molecule has 2 heterocycles. The van der Waals surface area contributed by atoms with Crippen molar-refractivity contribution in [3.05, 3.63) is 24.2 Å². The minimum atomic E-state index is 0.149. The average molecular weight is 218 g/mol. The lowest BCUT2D eigenvalue weighted by Gasteiger charge is -2.14. The maximum Gasteiger partial charge on any atom is 0.177 e. The van der Waals surface area contributed by atoms with Gasteiger partial charge < -0.3 is 10.3 Å². The summed E-state index contributed by atoms with van der Waals surface area (Å²) >= 11 is 0. The lowest BCUT2D eigenvalue weighted by Crippen LogP contribution is -2.29. The van der Waals surface area contributed by atoms with Crippen LogP contribution in [-0.4, -0.2) is 20.6 Å². The van der Waals surface area contributed by atoms with Crippen LogP contribution in [0.1, 0.15) is 19.7 Å². The molecule has 1 unspecified atom stereocenters. The lowest BCUT2D eigenvalue weighted by atomic mass is 10.0. The second-order valence-electron chi connectivity index (χ2n) is 4.55. The quantitative estimate of drug-likeness (QED) is 0.849. The van der Waals surface area contributed by atoms with Gasteiger partial charge in [-0.1, -0.05) is 13.8 Å². The first-order valence-electron chi connectivity index (χ1n) is 5.61. The molecule has 1 atom stereocenters. The van der Waals surface area contributed by atoms with Crippen molar-refractivity contribution in [2.24, 2.45) is 18.7 Å². The monoisotopic (exact) mass is 218 g/mol. The van der Waals surface area contributed by atoms with E-state index in [1.807, 2.05) is 19.2 Å². The van der Waals surface area contributed by atoms with Gasteiger partial charge in [0.05, 0.1) is 5.52 Å². The molecule has 0 aliphatic heterocycles. The number of pyridine rings is 1. The SMILES string of the molecule is CC(C)C(N)Cc1nc2ncccc2n1C. The van der Waals surface area contributed by atoms with E-state index in [2.05, 4.69) is 28.4 Å². The van der Waals surface area contributed by atoms with Gasteiger partial charge >= 0.3 is 0 Å². The molecular formula is C12H18N4. The zero-order chi connectivity index (χ0) is 11.7. The Morgan fingerprint density at radius 1 is 1.44 bits per heavy atom. The summed E-state index contributed by atoms with van der Waals surface area (Å²) in [4.78, 5) is 8.75. The van der Waals surface area contributed by atoms with Gasteiger partial charge in [-0.15, -0.1) is 0 Å². The van der Waals surface area contributed by atoms with Crippen LogP contribution in [0.4, 0.5) is 0 Å². The Labute approximate surface area is 95.5 Å². The normalized spacial score (nSPS) is 13.6. The number of imidazole rings is 1. The van der Waals surface area contributed by atoms with E-state index in [0.717, 1.165) is 23.4 Å². The van der Waals surface area contributed by atoms with Crippen molar-refractivity contribution >= 4 is 11.2 Å². The van der Waals surface area contributed by atoms with Crippen LogP contribution in [0, 0.1) is 5.92 Å². The molecule has 0 amide bonds. The number of nitrogens with zero attached hydrogens (tertiary/aromatic N) is 3. The van der Waals surface area contributed by atoms with Gasteiger partial charge in [0.1, 0.15) is 5.82 Å². The molecule has 2 aromatic heterocycles. The molecule has 2 N–H and O–H groups in total. The summed E-state index contributed by atoms with van der Waals surface area (Å²) in [5.41, 5.74) is 7.93. The van der Waals surface area contributed by atoms with E-state index in [1.54, 1.807) is 6.20 Å². The topological polar surface area (TPSA) is 56.7 Å². The van der Waals surface area contributed by atoms with Crippen LogP contribution >= 0.6 is 0 Å². The molecule has 0 fully saturated rings. The average Bonchev–Trinajstić information content (AvgIpc) is 2.56. The summed E-state index contributed by atoms with van der Waals surface area (Å²) in [6, 6.07) is 4.10. The first-order valence-corrected chi connectivity index (χ1v) is 5.61. The number of aryl methyl sites for hydroxylation is 1. The zero-order valence-electron chi connectivity index (χ0n) is 10.0. The van der Waals surface area contributed by atoms with E-state index < -0.39 is 0 Å². The Hall–Kier alpha value is -1.42. The number of hydrogen-bond acceptors (Lipinski definition) is 3. The molecule has 16 heavy (non-hydrogen) atoms. The van der Waals surface area contributed by atoms with Gasteiger partial charge in [0.25, 0.3) is 0 Å². The highest BCUT2D eigenvalue weighted by atomic mass is 15.1. The molecule has 0 radical (unpaired) electrons. The summed E-state index contributed by atoms with van der Waals surface area (Å²) in [7, 11) is 2.01. The lowest BCUT2D eigenvalue weighted by molar-refractivity contribution is 0.477. The zero-order valence-corrected chi connectivity index (χ0v) is 10.0. The maximum atomic E-state index is 6.07. The number of rotatable bonds is 3. The first kappa shape index (κ1) is 11.1. The summed E-state index contributed by atoms with van der Waals surface area (Å²) < 4.78 is 2.07. The third-order valence-corrected chi connectivity index (χ3v) is 3.02. The van der Waals surface area contributed by atoms with Crippen LogP contribution in [0.15, 0.2) is 18.3 Å². The Kier molecular flexibility index (Phi) is 2.92. The Bertz CT molecular complexity index is 487. The van der Waals surface area contributed by atoms with Crippen LogP contribution in [0.3, 0.4) is 0 Å². The molecule has 2 aromatic rings. The summed E-state index contributed by atoms with van der Waals surface area (Å²) in [6.07, 6.45) is 2.56. The predicted molar refractivity (Wildman–Crippen MR) is 65.0 cm³/mol. The summed E-state index contributed by atoms with van der Waals surface area (Å²) in [5.74, 6) is 1.47. The van der Waals surface area contributed by atoms with Crippen LogP contribution in [0.5, 0.6) is 0 Å². The van der Waals surface area contributed by atoms with E-state index >= 15 is 0 Å². The van der Waals surface area contributed by atoms with Gasteiger partial charge in [-0.3, -0.25) is 0 Å². The van der Waals surface area contributed by atoms with Gasteiger partial charge in [-0.05, 0) is 18.1 Å². The molecule has 2 rings (SSSR count). The molecule has 0 aliphatic rings. The van der Waals surface area contributed by atoms with Crippen molar-refractivity contribution in [1.82, 2.24) is 14.5 Å². The highest BCUT2D eigenvalue weighted by Gasteiger charge is 2.14. The third kappa shape index (κ3) is 1.93. The molecule has 0 spiro atoms. The molecule has 0 saturated carbocycles. The van der Waals surface area contributed by atoms with Crippen molar-refractivity contribution in [2.45, 2.75) is 26.3 Å². The third-order valence-electron chi connectivity index (χ3n) is 3.02.